The van der Waals surface area contributed by atoms with E-state index in [1.807, 2.05) is 19.1 Å². The number of nitrogens with zero attached hydrogens (tertiary/aromatic N) is 3. The summed E-state index contributed by atoms with van der Waals surface area (Å²) in [6.07, 6.45) is 3.42. The molecule has 2 aromatic heterocycles. The SMILES string of the molecule is C[C@H](CO)Nc1nc(Nc2ccc(Cl)cc2Cl)cc(-c2cccnc2)n1. The van der Waals surface area contributed by atoms with Crippen LogP contribution in [0.25, 0.3) is 11.3 Å². The molecule has 0 amide bonds. The van der Waals surface area contributed by atoms with Gasteiger partial charge in [-0.3, -0.25) is 4.98 Å². The fourth-order valence-corrected chi connectivity index (χ4v) is 2.69. The quantitative estimate of drug-likeness (QED) is 0.579. The van der Waals surface area contributed by atoms with E-state index in [1.54, 1.807) is 36.7 Å². The molecule has 0 aliphatic carbocycles. The molecule has 0 radical (unpaired) electrons. The average Bonchev–Trinajstić information content (AvgIpc) is 2.64. The highest BCUT2D eigenvalue weighted by atomic mass is 35.5. The number of hydrogen-bond donors (Lipinski definition) is 3. The molecule has 6 nitrogen and oxygen atoms in total. The first kappa shape index (κ1) is 18.4. The number of aliphatic hydroxyl groups is 1. The fraction of sp³-hybridized carbons (Fsp3) is 0.167. The van der Waals surface area contributed by atoms with E-state index in [4.69, 9.17) is 23.2 Å². The number of nitrogens with one attached hydrogen (secondary N) is 2. The zero-order valence-corrected chi connectivity index (χ0v) is 15.5. The molecule has 2 heterocycles. The van der Waals surface area contributed by atoms with Crippen LogP contribution in [0.3, 0.4) is 0 Å². The van der Waals surface area contributed by atoms with Crippen molar-refractivity contribution < 1.29 is 5.11 Å². The first-order valence-corrected chi connectivity index (χ1v) is 8.69. The van der Waals surface area contributed by atoms with Crippen LogP contribution in [0.4, 0.5) is 17.5 Å². The standard InChI is InChI=1S/C18H17Cl2N5O/c1-11(10-26)22-18-24-16(12-3-2-6-21-9-12)8-17(25-18)23-15-5-4-13(19)7-14(15)20/h2-9,11,26H,10H2,1H3,(H2,22,23,24,25)/t11-/m1/s1. The second kappa shape index (κ2) is 8.31. The van der Waals surface area contributed by atoms with Crippen LogP contribution in [0.2, 0.25) is 10.0 Å². The second-order valence-electron chi connectivity index (χ2n) is 5.68. The van der Waals surface area contributed by atoms with Crippen molar-refractivity contribution in [1.82, 2.24) is 15.0 Å². The Balaban J connectivity index is 1.98. The summed E-state index contributed by atoms with van der Waals surface area (Å²) in [4.78, 5) is 13.1. The summed E-state index contributed by atoms with van der Waals surface area (Å²) in [6.45, 7) is 1.80. The number of halogens is 2. The van der Waals surface area contributed by atoms with Crippen molar-refractivity contribution in [2.24, 2.45) is 0 Å². The van der Waals surface area contributed by atoms with Crippen LogP contribution in [-0.4, -0.2) is 32.7 Å². The molecule has 0 unspecified atom stereocenters. The van der Waals surface area contributed by atoms with Crippen LogP contribution in [0.15, 0.2) is 48.8 Å². The molecule has 0 aliphatic rings. The molecule has 1 aromatic carbocycles. The van der Waals surface area contributed by atoms with Gasteiger partial charge in [-0.25, -0.2) is 4.98 Å². The van der Waals surface area contributed by atoms with Crippen molar-refractivity contribution in [2.45, 2.75) is 13.0 Å². The van der Waals surface area contributed by atoms with Gasteiger partial charge in [0, 0.05) is 35.1 Å². The first-order valence-electron chi connectivity index (χ1n) is 7.94. The summed E-state index contributed by atoms with van der Waals surface area (Å²) in [7, 11) is 0. The Morgan fingerprint density at radius 1 is 1.15 bits per heavy atom. The molecule has 0 saturated heterocycles. The Bertz CT molecular complexity index is 892. The molecule has 3 N–H and O–H groups in total. The van der Waals surface area contributed by atoms with E-state index in [2.05, 4.69) is 25.6 Å². The summed E-state index contributed by atoms with van der Waals surface area (Å²) in [5.41, 5.74) is 2.21. The van der Waals surface area contributed by atoms with Crippen LogP contribution in [0, 0.1) is 0 Å². The maximum Gasteiger partial charge on any atom is 0.225 e. The molecule has 3 aromatic rings. The smallest absolute Gasteiger partial charge is 0.225 e. The van der Waals surface area contributed by atoms with E-state index in [9.17, 15) is 5.11 Å². The molecule has 0 spiro atoms. The Hall–Kier alpha value is -2.41. The average molecular weight is 390 g/mol. The number of aromatic nitrogens is 3. The van der Waals surface area contributed by atoms with Crippen molar-refractivity contribution in [3.63, 3.8) is 0 Å². The van der Waals surface area contributed by atoms with Crippen LogP contribution < -0.4 is 10.6 Å². The normalized spacial score (nSPS) is 11.8. The highest BCUT2D eigenvalue weighted by molar-refractivity contribution is 6.36. The van der Waals surface area contributed by atoms with Gasteiger partial charge in [0.25, 0.3) is 0 Å². The van der Waals surface area contributed by atoms with Gasteiger partial charge in [0.15, 0.2) is 0 Å². The summed E-state index contributed by atoms with van der Waals surface area (Å²) >= 11 is 12.2. The van der Waals surface area contributed by atoms with E-state index in [0.717, 1.165) is 5.56 Å². The Labute approximate surface area is 161 Å². The molecule has 3 rings (SSSR count). The monoisotopic (exact) mass is 389 g/mol. The van der Waals surface area contributed by atoms with Gasteiger partial charge in [-0.2, -0.15) is 4.98 Å². The number of rotatable bonds is 6. The largest absolute Gasteiger partial charge is 0.394 e. The van der Waals surface area contributed by atoms with E-state index in [0.29, 0.717) is 33.2 Å². The van der Waals surface area contributed by atoms with Gasteiger partial charge >= 0.3 is 0 Å². The molecule has 26 heavy (non-hydrogen) atoms. The fourth-order valence-electron chi connectivity index (χ4n) is 2.23. The number of anilines is 3. The second-order valence-corrected chi connectivity index (χ2v) is 6.52. The van der Waals surface area contributed by atoms with Crippen LogP contribution in [0.1, 0.15) is 6.92 Å². The number of pyridine rings is 1. The molecular formula is C18H17Cl2N5O. The predicted molar refractivity (Wildman–Crippen MR) is 105 cm³/mol. The van der Waals surface area contributed by atoms with Crippen LogP contribution in [-0.2, 0) is 0 Å². The highest BCUT2D eigenvalue weighted by Crippen LogP contribution is 2.29. The molecule has 8 heteroatoms. The predicted octanol–water partition coefficient (Wildman–Crippen LogP) is 4.38. The van der Waals surface area contributed by atoms with Gasteiger partial charge < -0.3 is 15.7 Å². The molecule has 0 bridgehead atoms. The minimum atomic E-state index is -0.189. The highest BCUT2D eigenvalue weighted by Gasteiger charge is 2.11. The molecular weight excluding hydrogens is 373 g/mol. The van der Waals surface area contributed by atoms with E-state index >= 15 is 0 Å². The van der Waals surface area contributed by atoms with E-state index < -0.39 is 0 Å². The third-order valence-corrected chi connectivity index (χ3v) is 4.07. The zero-order valence-electron chi connectivity index (χ0n) is 13.9. The molecule has 0 aliphatic heterocycles. The maximum absolute atomic E-state index is 9.28. The lowest BCUT2D eigenvalue weighted by Gasteiger charge is -2.14. The Morgan fingerprint density at radius 3 is 2.69 bits per heavy atom. The van der Waals surface area contributed by atoms with Crippen LogP contribution in [0.5, 0.6) is 0 Å². The van der Waals surface area contributed by atoms with Gasteiger partial charge in [-0.1, -0.05) is 23.2 Å². The Morgan fingerprint density at radius 2 is 2.00 bits per heavy atom. The van der Waals surface area contributed by atoms with Crippen molar-refractivity contribution in [1.29, 1.82) is 0 Å². The third-order valence-electron chi connectivity index (χ3n) is 3.53. The maximum atomic E-state index is 9.28. The van der Waals surface area contributed by atoms with Crippen molar-refractivity contribution in [3.05, 3.63) is 58.8 Å². The summed E-state index contributed by atoms with van der Waals surface area (Å²) < 4.78 is 0. The lowest BCUT2D eigenvalue weighted by molar-refractivity contribution is 0.281. The molecule has 0 fully saturated rings. The molecule has 1 atom stereocenters. The van der Waals surface area contributed by atoms with Crippen LogP contribution >= 0.6 is 23.2 Å². The minimum absolute atomic E-state index is 0.0355. The molecule has 134 valence electrons. The summed E-state index contributed by atoms with van der Waals surface area (Å²) in [6, 6.07) is 10.5. The van der Waals surface area contributed by atoms with Gasteiger partial charge in [-0.15, -0.1) is 0 Å². The van der Waals surface area contributed by atoms with Gasteiger partial charge in [0.1, 0.15) is 5.82 Å². The van der Waals surface area contributed by atoms with Crippen molar-refractivity contribution in [3.8, 4) is 11.3 Å². The topological polar surface area (TPSA) is 83.0 Å². The van der Waals surface area contributed by atoms with E-state index in [1.165, 1.54) is 0 Å². The van der Waals surface area contributed by atoms with Gasteiger partial charge in [0.2, 0.25) is 5.95 Å². The lowest BCUT2D eigenvalue weighted by atomic mass is 10.2. The third kappa shape index (κ3) is 4.60. The summed E-state index contributed by atoms with van der Waals surface area (Å²) in [5.74, 6) is 0.941. The zero-order chi connectivity index (χ0) is 18.5. The van der Waals surface area contributed by atoms with Crippen molar-refractivity contribution in [2.75, 3.05) is 17.2 Å². The Kier molecular flexibility index (Phi) is 5.88. The number of hydrogen-bond acceptors (Lipinski definition) is 6. The van der Waals surface area contributed by atoms with Gasteiger partial charge in [-0.05, 0) is 37.3 Å². The minimum Gasteiger partial charge on any atom is -0.394 e. The summed E-state index contributed by atoms with van der Waals surface area (Å²) in [5, 5.41) is 16.6. The van der Waals surface area contributed by atoms with Gasteiger partial charge in [0.05, 0.1) is 23.0 Å². The lowest BCUT2D eigenvalue weighted by Crippen LogP contribution is -2.21. The van der Waals surface area contributed by atoms with Crippen molar-refractivity contribution >= 4 is 40.7 Å². The number of aliphatic hydroxyl groups excluding tert-OH is 1. The first-order chi connectivity index (χ1) is 12.5. The molecule has 0 saturated carbocycles. The number of benzene rings is 1. The van der Waals surface area contributed by atoms with E-state index in [-0.39, 0.29) is 12.6 Å².